The SMILES string of the molecule is CC(=O)N[C@H]1CNC2(CCN(C)CC2)C1. The molecule has 0 aliphatic carbocycles. The van der Waals surface area contributed by atoms with Gasteiger partial charge in [-0.2, -0.15) is 0 Å². The second kappa shape index (κ2) is 4.10. The van der Waals surface area contributed by atoms with Gasteiger partial charge in [0.2, 0.25) is 5.91 Å². The summed E-state index contributed by atoms with van der Waals surface area (Å²) in [5.41, 5.74) is 0.305. The lowest BCUT2D eigenvalue weighted by Crippen LogP contribution is -2.48. The lowest BCUT2D eigenvalue weighted by Gasteiger charge is -2.38. The maximum Gasteiger partial charge on any atom is 0.217 e. The largest absolute Gasteiger partial charge is 0.352 e. The van der Waals surface area contributed by atoms with E-state index in [2.05, 4.69) is 22.6 Å². The van der Waals surface area contributed by atoms with Gasteiger partial charge in [0.1, 0.15) is 0 Å². The number of rotatable bonds is 1. The first-order valence-corrected chi connectivity index (χ1v) is 5.80. The molecule has 1 amide bonds. The van der Waals surface area contributed by atoms with Gasteiger partial charge in [-0.3, -0.25) is 4.79 Å². The third-order valence-electron chi connectivity index (χ3n) is 3.71. The fourth-order valence-corrected chi connectivity index (χ4v) is 2.77. The van der Waals surface area contributed by atoms with Gasteiger partial charge in [-0.05, 0) is 39.4 Å². The van der Waals surface area contributed by atoms with Crippen molar-refractivity contribution >= 4 is 5.91 Å². The average molecular weight is 211 g/mol. The van der Waals surface area contributed by atoms with E-state index in [4.69, 9.17) is 0 Å². The third kappa shape index (κ3) is 2.49. The monoisotopic (exact) mass is 211 g/mol. The molecule has 0 radical (unpaired) electrons. The normalized spacial score (nSPS) is 30.7. The van der Waals surface area contributed by atoms with Crippen molar-refractivity contribution in [2.45, 2.75) is 37.8 Å². The molecule has 2 heterocycles. The number of piperidine rings is 1. The molecule has 0 aromatic carbocycles. The molecule has 2 rings (SSSR count). The highest BCUT2D eigenvalue weighted by Crippen LogP contribution is 2.30. The van der Waals surface area contributed by atoms with Crippen LogP contribution in [0, 0.1) is 0 Å². The minimum Gasteiger partial charge on any atom is -0.352 e. The van der Waals surface area contributed by atoms with E-state index in [1.54, 1.807) is 6.92 Å². The number of nitrogens with one attached hydrogen (secondary N) is 2. The summed E-state index contributed by atoms with van der Waals surface area (Å²) in [4.78, 5) is 13.3. The highest BCUT2D eigenvalue weighted by Gasteiger charge is 2.40. The van der Waals surface area contributed by atoms with Gasteiger partial charge in [-0.1, -0.05) is 0 Å². The van der Waals surface area contributed by atoms with E-state index in [1.165, 1.54) is 25.9 Å². The maximum atomic E-state index is 11.0. The summed E-state index contributed by atoms with van der Waals surface area (Å²) in [6.45, 7) is 4.86. The standard InChI is InChI=1S/C11H21N3O/c1-9(15)13-10-7-11(12-8-10)3-5-14(2)6-4-11/h10,12H,3-8H2,1-2H3,(H,13,15)/t10-/m1/s1. The summed E-state index contributed by atoms with van der Waals surface area (Å²) in [7, 11) is 2.17. The van der Waals surface area contributed by atoms with Crippen LogP contribution in [0.1, 0.15) is 26.2 Å². The molecule has 1 spiro atoms. The van der Waals surface area contributed by atoms with Gasteiger partial charge >= 0.3 is 0 Å². The molecule has 2 aliphatic heterocycles. The van der Waals surface area contributed by atoms with E-state index < -0.39 is 0 Å². The maximum absolute atomic E-state index is 11.0. The second-order valence-corrected chi connectivity index (χ2v) is 5.07. The molecule has 0 aromatic heterocycles. The molecule has 0 unspecified atom stereocenters. The number of likely N-dealkylation sites (tertiary alicyclic amines) is 1. The number of carbonyl (C=O) groups is 1. The molecule has 86 valence electrons. The van der Waals surface area contributed by atoms with E-state index >= 15 is 0 Å². The Morgan fingerprint density at radius 1 is 1.47 bits per heavy atom. The third-order valence-corrected chi connectivity index (χ3v) is 3.71. The van der Waals surface area contributed by atoms with Crippen molar-refractivity contribution < 1.29 is 4.79 Å². The summed E-state index contributed by atoms with van der Waals surface area (Å²) in [5, 5.41) is 6.62. The zero-order valence-electron chi connectivity index (χ0n) is 9.68. The van der Waals surface area contributed by atoms with E-state index in [1.807, 2.05) is 0 Å². The molecule has 15 heavy (non-hydrogen) atoms. The number of amides is 1. The summed E-state index contributed by atoms with van der Waals surface area (Å²) < 4.78 is 0. The lowest BCUT2D eigenvalue weighted by molar-refractivity contribution is -0.119. The van der Waals surface area contributed by atoms with Gasteiger partial charge in [0.15, 0.2) is 0 Å². The Balaban J connectivity index is 1.88. The van der Waals surface area contributed by atoms with Crippen LogP contribution in [0.25, 0.3) is 0 Å². The van der Waals surface area contributed by atoms with Crippen molar-refractivity contribution in [3.8, 4) is 0 Å². The highest BCUT2D eigenvalue weighted by atomic mass is 16.1. The molecule has 4 heteroatoms. The second-order valence-electron chi connectivity index (χ2n) is 5.07. The van der Waals surface area contributed by atoms with Gasteiger partial charge in [-0.15, -0.1) is 0 Å². The van der Waals surface area contributed by atoms with Crippen LogP contribution < -0.4 is 10.6 Å². The fraction of sp³-hybridized carbons (Fsp3) is 0.909. The minimum atomic E-state index is 0.0896. The van der Waals surface area contributed by atoms with Crippen molar-refractivity contribution in [1.29, 1.82) is 0 Å². The van der Waals surface area contributed by atoms with Crippen LogP contribution >= 0.6 is 0 Å². The molecule has 4 nitrogen and oxygen atoms in total. The van der Waals surface area contributed by atoms with Crippen LogP contribution in [-0.2, 0) is 4.79 Å². The molecule has 0 bridgehead atoms. The Morgan fingerprint density at radius 3 is 2.73 bits per heavy atom. The number of nitrogens with zero attached hydrogens (tertiary/aromatic N) is 1. The fourth-order valence-electron chi connectivity index (χ4n) is 2.77. The van der Waals surface area contributed by atoms with Crippen LogP contribution in [-0.4, -0.2) is 49.1 Å². The smallest absolute Gasteiger partial charge is 0.217 e. The predicted molar refractivity (Wildman–Crippen MR) is 59.7 cm³/mol. The van der Waals surface area contributed by atoms with E-state index in [0.29, 0.717) is 11.6 Å². The molecule has 2 fully saturated rings. The Kier molecular flexibility index (Phi) is 2.98. The van der Waals surface area contributed by atoms with Crippen LogP contribution in [0.4, 0.5) is 0 Å². The zero-order chi connectivity index (χ0) is 10.9. The van der Waals surface area contributed by atoms with Gasteiger partial charge in [0.05, 0.1) is 0 Å². The Hall–Kier alpha value is -0.610. The first-order chi connectivity index (χ1) is 7.10. The van der Waals surface area contributed by atoms with Crippen molar-refractivity contribution in [2.24, 2.45) is 0 Å². The summed E-state index contributed by atoms with van der Waals surface area (Å²) in [6.07, 6.45) is 3.51. The molecule has 1 atom stereocenters. The summed E-state index contributed by atoms with van der Waals surface area (Å²) in [6, 6.07) is 0.339. The molecule has 0 saturated carbocycles. The van der Waals surface area contributed by atoms with Crippen molar-refractivity contribution in [1.82, 2.24) is 15.5 Å². The van der Waals surface area contributed by atoms with Crippen LogP contribution in [0.2, 0.25) is 0 Å². The van der Waals surface area contributed by atoms with Crippen molar-refractivity contribution in [3.05, 3.63) is 0 Å². The van der Waals surface area contributed by atoms with Crippen LogP contribution in [0.3, 0.4) is 0 Å². The first kappa shape index (κ1) is 10.9. The van der Waals surface area contributed by atoms with Gasteiger partial charge in [0.25, 0.3) is 0 Å². The topological polar surface area (TPSA) is 44.4 Å². The molecular formula is C11H21N3O. The quantitative estimate of drug-likeness (QED) is 0.639. The highest BCUT2D eigenvalue weighted by molar-refractivity contribution is 5.73. The number of hydrogen-bond acceptors (Lipinski definition) is 3. The number of hydrogen-bond donors (Lipinski definition) is 2. The number of carbonyl (C=O) groups excluding carboxylic acids is 1. The van der Waals surface area contributed by atoms with Gasteiger partial charge < -0.3 is 15.5 Å². The average Bonchev–Trinajstić information content (AvgIpc) is 2.54. The zero-order valence-corrected chi connectivity index (χ0v) is 9.68. The van der Waals surface area contributed by atoms with Crippen LogP contribution in [0.5, 0.6) is 0 Å². The Bertz CT molecular complexity index is 246. The molecular weight excluding hydrogens is 190 g/mol. The summed E-state index contributed by atoms with van der Waals surface area (Å²) in [5.74, 6) is 0.0896. The van der Waals surface area contributed by atoms with E-state index in [0.717, 1.165) is 13.0 Å². The van der Waals surface area contributed by atoms with Gasteiger partial charge in [0, 0.05) is 25.0 Å². The Morgan fingerprint density at radius 2 is 2.13 bits per heavy atom. The van der Waals surface area contributed by atoms with E-state index in [9.17, 15) is 4.79 Å². The van der Waals surface area contributed by atoms with Crippen LogP contribution in [0.15, 0.2) is 0 Å². The molecule has 2 N–H and O–H groups in total. The van der Waals surface area contributed by atoms with Gasteiger partial charge in [-0.25, -0.2) is 0 Å². The minimum absolute atomic E-state index is 0.0896. The predicted octanol–water partition coefficient (Wildman–Crippen LogP) is -0.0512. The van der Waals surface area contributed by atoms with Crippen molar-refractivity contribution in [2.75, 3.05) is 26.7 Å². The molecule has 2 saturated heterocycles. The molecule has 2 aliphatic rings. The summed E-state index contributed by atoms with van der Waals surface area (Å²) >= 11 is 0. The molecule has 0 aromatic rings. The lowest BCUT2D eigenvalue weighted by atomic mass is 9.85. The Labute approximate surface area is 91.4 Å². The first-order valence-electron chi connectivity index (χ1n) is 5.80. The van der Waals surface area contributed by atoms with E-state index in [-0.39, 0.29) is 5.91 Å². The van der Waals surface area contributed by atoms with Crippen molar-refractivity contribution in [3.63, 3.8) is 0 Å².